The third kappa shape index (κ3) is 3.48. The SMILES string of the molecule is C/C(=C\c1c[nH]c2ccccc12)C(=O)NCCN(C)C. The molecule has 4 heteroatoms. The van der Waals surface area contributed by atoms with E-state index in [-0.39, 0.29) is 5.91 Å². The summed E-state index contributed by atoms with van der Waals surface area (Å²) in [5, 5.41) is 4.05. The Hall–Kier alpha value is -2.07. The average Bonchev–Trinajstić information content (AvgIpc) is 2.81. The van der Waals surface area contributed by atoms with E-state index in [0.29, 0.717) is 12.1 Å². The van der Waals surface area contributed by atoms with Crippen LogP contribution >= 0.6 is 0 Å². The molecular weight excluding hydrogens is 250 g/mol. The van der Waals surface area contributed by atoms with Crippen LogP contribution in [0.5, 0.6) is 0 Å². The number of nitrogens with zero attached hydrogens (tertiary/aromatic N) is 1. The van der Waals surface area contributed by atoms with Gasteiger partial charge in [-0.05, 0) is 33.2 Å². The van der Waals surface area contributed by atoms with Crippen LogP contribution in [0.3, 0.4) is 0 Å². The van der Waals surface area contributed by atoms with Crippen LogP contribution in [0.25, 0.3) is 17.0 Å². The Morgan fingerprint density at radius 2 is 2.10 bits per heavy atom. The molecule has 0 aliphatic heterocycles. The van der Waals surface area contributed by atoms with Crippen LogP contribution in [-0.4, -0.2) is 43.0 Å². The lowest BCUT2D eigenvalue weighted by atomic mass is 10.1. The number of amides is 1. The first-order valence-electron chi connectivity index (χ1n) is 6.75. The van der Waals surface area contributed by atoms with Crippen LogP contribution in [0.2, 0.25) is 0 Å². The fourth-order valence-corrected chi connectivity index (χ4v) is 2.04. The van der Waals surface area contributed by atoms with Gasteiger partial charge >= 0.3 is 0 Å². The van der Waals surface area contributed by atoms with Gasteiger partial charge in [0.2, 0.25) is 5.91 Å². The van der Waals surface area contributed by atoms with Gasteiger partial charge in [0.25, 0.3) is 0 Å². The number of aromatic nitrogens is 1. The van der Waals surface area contributed by atoms with Crippen LogP contribution in [0, 0.1) is 0 Å². The van der Waals surface area contributed by atoms with Gasteiger partial charge in [-0.1, -0.05) is 18.2 Å². The molecule has 0 bridgehead atoms. The molecule has 0 aliphatic carbocycles. The standard InChI is InChI=1S/C16H21N3O/c1-12(16(20)17-8-9-19(2)3)10-13-11-18-15-7-5-4-6-14(13)15/h4-7,10-11,18H,8-9H2,1-3H3,(H,17,20)/b12-10+. The zero-order chi connectivity index (χ0) is 14.5. The number of carbonyl (C=O) groups excluding carboxylic acids is 1. The number of H-pyrrole nitrogens is 1. The first kappa shape index (κ1) is 14.3. The van der Waals surface area contributed by atoms with Crippen LogP contribution < -0.4 is 5.32 Å². The Kier molecular flexibility index (Phi) is 4.58. The third-order valence-corrected chi connectivity index (χ3v) is 3.20. The third-order valence-electron chi connectivity index (χ3n) is 3.20. The number of aromatic amines is 1. The first-order chi connectivity index (χ1) is 9.58. The molecular formula is C16H21N3O. The molecule has 0 fully saturated rings. The van der Waals surface area contributed by atoms with Gasteiger partial charge in [0.05, 0.1) is 0 Å². The molecule has 0 aliphatic rings. The summed E-state index contributed by atoms with van der Waals surface area (Å²) in [6.45, 7) is 3.34. The predicted octanol–water partition coefficient (Wildman–Crippen LogP) is 2.25. The topological polar surface area (TPSA) is 48.1 Å². The molecule has 1 aromatic carbocycles. The summed E-state index contributed by atoms with van der Waals surface area (Å²) in [6, 6.07) is 8.07. The summed E-state index contributed by atoms with van der Waals surface area (Å²) in [6.07, 6.45) is 3.85. The van der Waals surface area contributed by atoms with Crippen molar-refractivity contribution in [3.8, 4) is 0 Å². The molecule has 4 nitrogen and oxygen atoms in total. The number of nitrogens with one attached hydrogen (secondary N) is 2. The molecule has 0 saturated carbocycles. The summed E-state index contributed by atoms with van der Waals surface area (Å²) in [7, 11) is 3.97. The van der Waals surface area contributed by atoms with Crippen molar-refractivity contribution in [2.24, 2.45) is 0 Å². The minimum absolute atomic E-state index is 0.0165. The number of para-hydroxylation sites is 1. The van der Waals surface area contributed by atoms with Gasteiger partial charge in [-0.2, -0.15) is 0 Å². The number of carbonyl (C=O) groups is 1. The Labute approximate surface area is 119 Å². The van der Waals surface area contributed by atoms with Crippen molar-refractivity contribution in [3.05, 3.63) is 41.6 Å². The fraction of sp³-hybridized carbons (Fsp3) is 0.312. The van der Waals surface area contributed by atoms with Gasteiger partial charge < -0.3 is 15.2 Å². The van der Waals surface area contributed by atoms with Gasteiger partial charge in [0, 0.05) is 41.3 Å². The monoisotopic (exact) mass is 271 g/mol. The number of fused-ring (bicyclic) bond motifs is 1. The zero-order valence-corrected chi connectivity index (χ0v) is 12.2. The van der Waals surface area contributed by atoms with E-state index in [1.165, 1.54) is 0 Å². The zero-order valence-electron chi connectivity index (χ0n) is 12.2. The van der Waals surface area contributed by atoms with Crippen molar-refractivity contribution in [1.82, 2.24) is 15.2 Å². The molecule has 0 radical (unpaired) electrons. The summed E-state index contributed by atoms with van der Waals surface area (Å²) in [5.41, 5.74) is 2.84. The molecule has 106 valence electrons. The maximum absolute atomic E-state index is 12.0. The van der Waals surface area contributed by atoms with Gasteiger partial charge in [-0.25, -0.2) is 0 Å². The van der Waals surface area contributed by atoms with Crippen molar-refractivity contribution in [2.45, 2.75) is 6.92 Å². The smallest absolute Gasteiger partial charge is 0.246 e. The minimum atomic E-state index is -0.0165. The van der Waals surface area contributed by atoms with Gasteiger partial charge in [-0.15, -0.1) is 0 Å². The Morgan fingerprint density at radius 1 is 1.35 bits per heavy atom. The molecule has 20 heavy (non-hydrogen) atoms. The van der Waals surface area contributed by atoms with Crippen molar-refractivity contribution in [3.63, 3.8) is 0 Å². The van der Waals surface area contributed by atoms with Crippen molar-refractivity contribution in [2.75, 3.05) is 27.2 Å². The Morgan fingerprint density at radius 3 is 2.85 bits per heavy atom. The van der Waals surface area contributed by atoms with Crippen LogP contribution in [-0.2, 0) is 4.79 Å². The fourth-order valence-electron chi connectivity index (χ4n) is 2.04. The highest BCUT2D eigenvalue weighted by atomic mass is 16.1. The van der Waals surface area contributed by atoms with Crippen LogP contribution in [0.15, 0.2) is 36.0 Å². The van der Waals surface area contributed by atoms with Crippen LogP contribution in [0.4, 0.5) is 0 Å². The van der Waals surface area contributed by atoms with E-state index in [0.717, 1.165) is 23.0 Å². The summed E-state index contributed by atoms with van der Waals surface area (Å²) in [4.78, 5) is 17.2. The van der Waals surface area contributed by atoms with E-state index < -0.39 is 0 Å². The molecule has 0 spiro atoms. The predicted molar refractivity (Wildman–Crippen MR) is 83.5 cm³/mol. The first-order valence-corrected chi connectivity index (χ1v) is 6.75. The van der Waals surface area contributed by atoms with Gasteiger partial charge in [-0.3, -0.25) is 4.79 Å². The lowest BCUT2D eigenvalue weighted by molar-refractivity contribution is -0.117. The molecule has 2 N–H and O–H groups in total. The lowest BCUT2D eigenvalue weighted by Gasteiger charge is -2.10. The summed E-state index contributed by atoms with van der Waals surface area (Å²) >= 11 is 0. The Bertz CT molecular complexity index is 625. The maximum atomic E-state index is 12.0. The number of hydrogen-bond donors (Lipinski definition) is 2. The highest BCUT2D eigenvalue weighted by Gasteiger charge is 2.06. The van der Waals surface area contributed by atoms with E-state index in [4.69, 9.17) is 0 Å². The number of likely N-dealkylation sites (N-methyl/N-ethyl adjacent to an activating group) is 1. The normalized spacial score (nSPS) is 12.1. The van der Waals surface area contributed by atoms with E-state index in [9.17, 15) is 4.79 Å². The van der Waals surface area contributed by atoms with E-state index in [1.807, 2.05) is 56.4 Å². The van der Waals surface area contributed by atoms with Gasteiger partial charge in [0.1, 0.15) is 0 Å². The highest BCUT2D eigenvalue weighted by molar-refractivity contribution is 6.00. The van der Waals surface area contributed by atoms with Crippen molar-refractivity contribution >= 4 is 22.9 Å². The molecule has 0 saturated heterocycles. The number of hydrogen-bond acceptors (Lipinski definition) is 2. The van der Waals surface area contributed by atoms with E-state index >= 15 is 0 Å². The molecule has 1 aromatic heterocycles. The van der Waals surface area contributed by atoms with Crippen molar-refractivity contribution in [1.29, 1.82) is 0 Å². The highest BCUT2D eigenvalue weighted by Crippen LogP contribution is 2.20. The molecule has 0 atom stereocenters. The second kappa shape index (κ2) is 6.39. The molecule has 1 amide bonds. The largest absolute Gasteiger partial charge is 0.361 e. The molecule has 1 heterocycles. The van der Waals surface area contributed by atoms with E-state index in [1.54, 1.807) is 0 Å². The molecule has 2 aromatic rings. The number of rotatable bonds is 5. The summed E-state index contributed by atoms with van der Waals surface area (Å²) < 4.78 is 0. The average molecular weight is 271 g/mol. The van der Waals surface area contributed by atoms with E-state index in [2.05, 4.69) is 16.4 Å². The van der Waals surface area contributed by atoms with Crippen LogP contribution in [0.1, 0.15) is 12.5 Å². The van der Waals surface area contributed by atoms with Crippen molar-refractivity contribution < 1.29 is 4.79 Å². The molecule has 2 rings (SSSR count). The van der Waals surface area contributed by atoms with Gasteiger partial charge in [0.15, 0.2) is 0 Å². The maximum Gasteiger partial charge on any atom is 0.246 e. The quantitative estimate of drug-likeness (QED) is 0.819. The molecule has 0 unspecified atom stereocenters. The number of benzene rings is 1. The lowest BCUT2D eigenvalue weighted by Crippen LogP contribution is -2.31. The minimum Gasteiger partial charge on any atom is -0.361 e. The second-order valence-electron chi connectivity index (χ2n) is 5.18. The Balaban J connectivity index is 2.08. The summed E-state index contributed by atoms with van der Waals surface area (Å²) in [5.74, 6) is -0.0165. The second-order valence-corrected chi connectivity index (χ2v) is 5.18.